The average molecular weight is 360 g/mol. The molecule has 0 saturated carbocycles. The molecule has 130 valence electrons. The second-order valence-corrected chi connectivity index (χ2v) is 7.07. The number of hydrogen-bond acceptors (Lipinski definition) is 4. The molecule has 1 saturated heterocycles. The van der Waals surface area contributed by atoms with Gasteiger partial charge in [0.2, 0.25) is 0 Å². The predicted molar refractivity (Wildman–Crippen MR) is 96.5 cm³/mol. The summed E-state index contributed by atoms with van der Waals surface area (Å²) in [6, 6.07) is 4.47. The lowest BCUT2D eigenvalue weighted by Gasteiger charge is -2.33. The molecule has 0 unspecified atom stereocenters. The summed E-state index contributed by atoms with van der Waals surface area (Å²) in [4.78, 5) is 11.1. The van der Waals surface area contributed by atoms with Crippen molar-refractivity contribution in [3.8, 4) is 11.1 Å². The number of piperidine rings is 1. The van der Waals surface area contributed by atoms with E-state index in [0.29, 0.717) is 16.7 Å². The maximum Gasteiger partial charge on any atom is 0.254 e. The first-order valence-corrected chi connectivity index (χ1v) is 8.83. The molecule has 1 aliphatic rings. The van der Waals surface area contributed by atoms with Crippen LogP contribution in [0.3, 0.4) is 0 Å². The predicted octanol–water partition coefficient (Wildman–Crippen LogP) is 4.13. The van der Waals surface area contributed by atoms with E-state index < -0.39 is 0 Å². The highest BCUT2D eigenvalue weighted by molar-refractivity contribution is 6.33. The van der Waals surface area contributed by atoms with Crippen LogP contribution in [0.4, 0.5) is 10.2 Å². The highest BCUT2D eigenvalue weighted by atomic mass is 35.5. The van der Waals surface area contributed by atoms with Gasteiger partial charge in [0.25, 0.3) is 5.78 Å². The van der Waals surface area contributed by atoms with E-state index in [-0.39, 0.29) is 5.82 Å². The van der Waals surface area contributed by atoms with Crippen LogP contribution in [0.25, 0.3) is 16.9 Å². The number of aromatic nitrogens is 4. The minimum absolute atomic E-state index is 0.352. The zero-order chi connectivity index (χ0) is 17.6. The van der Waals surface area contributed by atoms with Gasteiger partial charge in [-0.25, -0.2) is 9.37 Å². The minimum Gasteiger partial charge on any atom is -0.356 e. The molecule has 0 N–H and O–H groups in total. The van der Waals surface area contributed by atoms with Crippen LogP contribution in [0.5, 0.6) is 0 Å². The Labute approximate surface area is 150 Å². The zero-order valence-corrected chi connectivity index (χ0v) is 15.0. The molecule has 1 aliphatic heterocycles. The van der Waals surface area contributed by atoms with Crippen molar-refractivity contribution < 1.29 is 4.39 Å². The lowest BCUT2D eigenvalue weighted by atomic mass is 9.97. The zero-order valence-electron chi connectivity index (χ0n) is 14.2. The van der Waals surface area contributed by atoms with Gasteiger partial charge >= 0.3 is 0 Å². The van der Waals surface area contributed by atoms with Crippen LogP contribution in [-0.4, -0.2) is 32.7 Å². The number of anilines is 1. The third-order valence-electron chi connectivity index (χ3n) is 4.87. The molecule has 0 aliphatic carbocycles. The van der Waals surface area contributed by atoms with Gasteiger partial charge in [0, 0.05) is 24.2 Å². The van der Waals surface area contributed by atoms with Crippen LogP contribution < -0.4 is 4.90 Å². The lowest BCUT2D eigenvalue weighted by Crippen LogP contribution is -2.35. The van der Waals surface area contributed by atoms with Crippen LogP contribution in [0.2, 0.25) is 5.02 Å². The standard InChI is InChI=1S/C18H19ClFN5/c1-11-5-7-24(8-6-11)17-16(14-4-3-13(20)9-15(14)19)12(2)23-18-21-10-22-25(17)18/h3-4,9-11H,5-8H2,1-2H3. The second kappa shape index (κ2) is 6.26. The molecule has 5 nitrogen and oxygen atoms in total. The third-order valence-corrected chi connectivity index (χ3v) is 5.18. The molecular formula is C18H19ClFN5. The van der Waals surface area contributed by atoms with E-state index in [2.05, 4.69) is 26.9 Å². The van der Waals surface area contributed by atoms with Crippen LogP contribution >= 0.6 is 11.6 Å². The van der Waals surface area contributed by atoms with Crippen molar-refractivity contribution in [1.82, 2.24) is 19.6 Å². The summed E-state index contributed by atoms with van der Waals surface area (Å²) in [5, 5.41) is 4.74. The van der Waals surface area contributed by atoms with Crippen molar-refractivity contribution in [3.05, 3.63) is 41.1 Å². The van der Waals surface area contributed by atoms with Crippen molar-refractivity contribution >= 4 is 23.2 Å². The van der Waals surface area contributed by atoms with E-state index in [1.54, 1.807) is 10.6 Å². The Kier molecular flexibility index (Phi) is 4.07. The molecule has 0 bridgehead atoms. The molecule has 0 amide bonds. The van der Waals surface area contributed by atoms with Crippen LogP contribution in [-0.2, 0) is 0 Å². The highest BCUT2D eigenvalue weighted by Crippen LogP contribution is 2.38. The lowest BCUT2D eigenvalue weighted by molar-refractivity contribution is 0.435. The van der Waals surface area contributed by atoms with Gasteiger partial charge in [-0.15, -0.1) is 0 Å². The van der Waals surface area contributed by atoms with Crippen molar-refractivity contribution in [1.29, 1.82) is 0 Å². The van der Waals surface area contributed by atoms with E-state index >= 15 is 0 Å². The van der Waals surface area contributed by atoms with Crippen LogP contribution in [0.1, 0.15) is 25.5 Å². The van der Waals surface area contributed by atoms with Gasteiger partial charge < -0.3 is 4.90 Å². The fraction of sp³-hybridized carbons (Fsp3) is 0.389. The molecule has 0 spiro atoms. The van der Waals surface area contributed by atoms with Gasteiger partial charge in [-0.1, -0.05) is 18.5 Å². The number of fused-ring (bicyclic) bond motifs is 1. The summed E-state index contributed by atoms with van der Waals surface area (Å²) in [6.07, 6.45) is 3.75. The Hall–Kier alpha value is -2.21. The van der Waals surface area contributed by atoms with E-state index in [1.807, 2.05) is 6.92 Å². The normalized spacial score (nSPS) is 15.9. The number of hydrogen-bond donors (Lipinski definition) is 0. The number of halogens is 2. The maximum atomic E-state index is 13.5. The first-order chi connectivity index (χ1) is 12.0. The molecule has 1 fully saturated rings. The first kappa shape index (κ1) is 16.3. The number of benzene rings is 1. The highest BCUT2D eigenvalue weighted by Gasteiger charge is 2.25. The molecule has 0 radical (unpaired) electrons. The largest absolute Gasteiger partial charge is 0.356 e. The fourth-order valence-electron chi connectivity index (χ4n) is 3.45. The van der Waals surface area contributed by atoms with Crippen LogP contribution in [0, 0.1) is 18.7 Å². The van der Waals surface area contributed by atoms with Gasteiger partial charge in [0.15, 0.2) is 0 Å². The summed E-state index contributed by atoms with van der Waals surface area (Å²) in [7, 11) is 0. The van der Waals surface area contributed by atoms with Gasteiger partial charge in [-0.3, -0.25) is 0 Å². The summed E-state index contributed by atoms with van der Waals surface area (Å²) in [5.74, 6) is 1.85. The molecule has 7 heteroatoms. The number of rotatable bonds is 2. The maximum absolute atomic E-state index is 13.5. The van der Waals surface area contributed by atoms with Gasteiger partial charge in [-0.2, -0.15) is 14.6 Å². The van der Waals surface area contributed by atoms with E-state index in [4.69, 9.17) is 11.6 Å². The Morgan fingerprint density at radius 1 is 1.24 bits per heavy atom. The average Bonchev–Trinajstić information content (AvgIpc) is 3.03. The Bertz CT molecular complexity index is 931. The number of aryl methyl sites for hydroxylation is 1. The summed E-state index contributed by atoms with van der Waals surface area (Å²) in [5.41, 5.74) is 2.46. The van der Waals surface area contributed by atoms with E-state index in [1.165, 1.54) is 18.5 Å². The quantitative estimate of drug-likeness (QED) is 0.690. The monoisotopic (exact) mass is 359 g/mol. The summed E-state index contributed by atoms with van der Waals surface area (Å²) >= 11 is 6.36. The molecule has 1 aromatic carbocycles. The summed E-state index contributed by atoms with van der Waals surface area (Å²) < 4.78 is 15.3. The minimum atomic E-state index is -0.352. The molecule has 0 atom stereocenters. The molecular weight excluding hydrogens is 341 g/mol. The fourth-order valence-corrected chi connectivity index (χ4v) is 3.72. The number of nitrogens with zero attached hydrogens (tertiary/aromatic N) is 5. The SMILES string of the molecule is Cc1nc2ncnn2c(N2CCC(C)CC2)c1-c1ccc(F)cc1Cl. The van der Waals surface area contributed by atoms with Crippen molar-refractivity contribution in [2.24, 2.45) is 5.92 Å². The Morgan fingerprint density at radius 3 is 2.72 bits per heavy atom. The molecule has 25 heavy (non-hydrogen) atoms. The van der Waals surface area contributed by atoms with Crippen LogP contribution in [0.15, 0.2) is 24.5 Å². The van der Waals surface area contributed by atoms with Gasteiger partial charge in [0.1, 0.15) is 18.0 Å². The second-order valence-electron chi connectivity index (χ2n) is 6.66. The van der Waals surface area contributed by atoms with Crippen molar-refractivity contribution in [2.75, 3.05) is 18.0 Å². The summed E-state index contributed by atoms with van der Waals surface area (Å²) in [6.45, 7) is 6.08. The molecule has 3 aromatic rings. The Morgan fingerprint density at radius 2 is 2.00 bits per heavy atom. The van der Waals surface area contributed by atoms with Crippen molar-refractivity contribution in [3.63, 3.8) is 0 Å². The van der Waals surface area contributed by atoms with Crippen molar-refractivity contribution in [2.45, 2.75) is 26.7 Å². The molecule has 4 rings (SSSR count). The van der Waals surface area contributed by atoms with E-state index in [0.717, 1.165) is 48.6 Å². The first-order valence-electron chi connectivity index (χ1n) is 8.45. The Balaban J connectivity index is 1.96. The van der Waals surface area contributed by atoms with Gasteiger partial charge in [0.05, 0.1) is 10.7 Å². The van der Waals surface area contributed by atoms with Gasteiger partial charge in [-0.05, 0) is 43.9 Å². The molecule has 3 heterocycles. The molecule has 2 aromatic heterocycles. The third kappa shape index (κ3) is 2.84. The topological polar surface area (TPSA) is 46.3 Å². The van der Waals surface area contributed by atoms with E-state index in [9.17, 15) is 4.39 Å². The smallest absolute Gasteiger partial charge is 0.254 e.